The van der Waals surface area contributed by atoms with Crippen molar-refractivity contribution in [2.45, 2.75) is 32.1 Å². The van der Waals surface area contributed by atoms with Crippen molar-refractivity contribution in [3.8, 4) is 11.5 Å². The van der Waals surface area contributed by atoms with Crippen molar-refractivity contribution in [2.24, 2.45) is 0 Å². The van der Waals surface area contributed by atoms with Crippen LogP contribution in [0.2, 0.25) is 0 Å². The normalized spacial score (nSPS) is 16.2. The third kappa shape index (κ3) is 3.65. The Balaban J connectivity index is 2.17. The van der Waals surface area contributed by atoms with Gasteiger partial charge in [0.05, 0.1) is 14.2 Å². The predicted octanol–water partition coefficient (Wildman–Crippen LogP) is 3.11. The molecule has 0 radical (unpaired) electrons. The lowest BCUT2D eigenvalue weighted by atomic mass is 10.1. The van der Waals surface area contributed by atoms with E-state index in [0.717, 1.165) is 25.9 Å². The summed E-state index contributed by atoms with van der Waals surface area (Å²) in [6.45, 7) is 1.69. The average Bonchev–Trinajstić information content (AvgIpc) is 2.45. The Labute approximate surface area is 120 Å². The van der Waals surface area contributed by atoms with Gasteiger partial charge in [-0.05, 0) is 25.0 Å². The van der Waals surface area contributed by atoms with Gasteiger partial charge in [0.15, 0.2) is 0 Å². The minimum atomic E-state index is 0.0732. The van der Waals surface area contributed by atoms with Crippen molar-refractivity contribution < 1.29 is 14.3 Å². The molecule has 1 heterocycles. The molecular weight excluding hydrogens is 254 g/mol. The fraction of sp³-hybridized carbons (Fsp3) is 0.562. The number of carbonyl (C=O) groups is 1. The smallest absolute Gasteiger partial charge is 0.254 e. The van der Waals surface area contributed by atoms with Crippen LogP contribution in [0.15, 0.2) is 18.2 Å². The van der Waals surface area contributed by atoms with Crippen molar-refractivity contribution in [1.29, 1.82) is 0 Å². The molecule has 1 saturated heterocycles. The van der Waals surface area contributed by atoms with Gasteiger partial charge in [-0.1, -0.05) is 19.3 Å². The standard InChI is InChI=1S/C16H23NO3/c1-19-14-10-13(11-15(12-14)20-2)16(18)17-8-6-4-3-5-7-9-17/h10-12H,3-9H2,1-2H3. The van der Waals surface area contributed by atoms with Gasteiger partial charge in [-0.25, -0.2) is 0 Å². The third-order valence-corrected chi connectivity index (χ3v) is 3.74. The summed E-state index contributed by atoms with van der Waals surface area (Å²) in [5.41, 5.74) is 0.641. The number of nitrogens with zero attached hydrogens (tertiary/aromatic N) is 1. The van der Waals surface area contributed by atoms with E-state index in [1.54, 1.807) is 32.4 Å². The van der Waals surface area contributed by atoms with Gasteiger partial charge >= 0.3 is 0 Å². The highest BCUT2D eigenvalue weighted by atomic mass is 16.5. The van der Waals surface area contributed by atoms with Crippen molar-refractivity contribution in [2.75, 3.05) is 27.3 Å². The summed E-state index contributed by atoms with van der Waals surface area (Å²) in [5.74, 6) is 1.38. The van der Waals surface area contributed by atoms with Gasteiger partial charge < -0.3 is 14.4 Å². The minimum Gasteiger partial charge on any atom is -0.497 e. The Kier molecular flexibility index (Phi) is 5.27. The van der Waals surface area contributed by atoms with E-state index in [1.165, 1.54) is 19.3 Å². The zero-order chi connectivity index (χ0) is 14.4. The van der Waals surface area contributed by atoms with E-state index < -0.39 is 0 Å². The number of methoxy groups -OCH3 is 2. The number of hydrogen-bond acceptors (Lipinski definition) is 3. The number of amides is 1. The molecule has 110 valence electrons. The first kappa shape index (κ1) is 14.7. The molecule has 0 N–H and O–H groups in total. The summed E-state index contributed by atoms with van der Waals surface area (Å²) in [6.07, 6.45) is 5.89. The number of ether oxygens (including phenoxy) is 2. The molecule has 0 aromatic heterocycles. The summed E-state index contributed by atoms with van der Waals surface area (Å²) >= 11 is 0. The van der Waals surface area contributed by atoms with Crippen molar-refractivity contribution >= 4 is 5.91 Å². The topological polar surface area (TPSA) is 38.8 Å². The predicted molar refractivity (Wildman–Crippen MR) is 78.5 cm³/mol. The zero-order valence-corrected chi connectivity index (χ0v) is 12.4. The molecular formula is C16H23NO3. The monoisotopic (exact) mass is 277 g/mol. The number of benzene rings is 1. The molecule has 20 heavy (non-hydrogen) atoms. The van der Waals surface area contributed by atoms with Crippen LogP contribution in [0, 0.1) is 0 Å². The largest absolute Gasteiger partial charge is 0.497 e. The highest BCUT2D eigenvalue weighted by molar-refractivity contribution is 5.95. The molecule has 0 bridgehead atoms. The van der Waals surface area contributed by atoms with Gasteiger partial charge in [0.25, 0.3) is 5.91 Å². The second kappa shape index (κ2) is 7.17. The Morgan fingerprint density at radius 2 is 1.40 bits per heavy atom. The maximum atomic E-state index is 12.6. The Morgan fingerprint density at radius 3 is 1.90 bits per heavy atom. The van der Waals surface area contributed by atoms with Crippen LogP contribution in [-0.4, -0.2) is 38.1 Å². The van der Waals surface area contributed by atoms with Crippen LogP contribution >= 0.6 is 0 Å². The Morgan fingerprint density at radius 1 is 0.900 bits per heavy atom. The van der Waals surface area contributed by atoms with E-state index in [1.807, 2.05) is 4.90 Å². The van der Waals surface area contributed by atoms with E-state index in [-0.39, 0.29) is 5.91 Å². The van der Waals surface area contributed by atoms with Crippen molar-refractivity contribution in [3.05, 3.63) is 23.8 Å². The summed E-state index contributed by atoms with van der Waals surface area (Å²) in [4.78, 5) is 14.6. The summed E-state index contributed by atoms with van der Waals surface area (Å²) in [7, 11) is 3.19. The molecule has 0 saturated carbocycles. The van der Waals surface area contributed by atoms with Crippen molar-refractivity contribution in [1.82, 2.24) is 4.90 Å². The first-order valence-electron chi connectivity index (χ1n) is 7.27. The molecule has 0 unspecified atom stereocenters. The van der Waals surface area contributed by atoms with Crippen LogP contribution < -0.4 is 9.47 Å². The van der Waals surface area contributed by atoms with E-state index in [0.29, 0.717) is 17.1 Å². The highest BCUT2D eigenvalue weighted by Gasteiger charge is 2.18. The van der Waals surface area contributed by atoms with Gasteiger partial charge in [0.2, 0.25) is 0 Å². The molecule has 1 aliphatic rings. The van der Waals surface area contributed by atoms with E-state index >= 15 is 0 Å². The van der Waals surface area contributed by atoms with Crippen LogP contribution in [0.25, 0.3) is 0 Å². The summed E-state index contributed by atoms with van der Waals surface area (Å²) in [5, 5.41) is 0. The molecule has 1 aliphatic heterocycles. The van der Waals surface area contributed by atoms with E-state index in [9.17, 15) is 4.79 Å². The lowest BCUT2D eigenvalue weighted by Crippen LogP contribution is -2.33. The third-order valence-electron chi connectivity index (χ3n) is 3.74. The highest BCUT2D eigenvalue weighted by Crippen LogP contribution is 2.24. The maximum absolute atomic E-state index is 12.6. The van der Waals surface area contributed by atoms with Crippen LogP contribution in [0.3, 0.4) is 0 Å². The fourth-order valence-electron chi connectivity index (χ4n) is 2.56. The van der Waals surface area contributed by atoms with Crippen LogP contribution in [0.5, 0.6) is 11.5 Å². The van der Waals surface area contributed by atoms with Crippen molar-refractivity contribution in [3.63, 3.8) is 0 Å². The molecule has 4 nitrogen and oxygen atoms in total. The summed E-state index contributed by atoms with van der Waals surface area (Å²) < 4.78 is 10.5. The van der Waals surface area contributed by atoms with E-state index in [2.05, 4.69) is 0 Å². The van der Waals surface area contributed by atoms with Gasteiger partial charge in [-0.15, -0.1) is 0 Å². The molecule has 0 spiro atoms. The Bertz CT molecular complexity index is 429. The minimum absolute atomic E-state index is 0.0732. The number of likely N-dealkylation sites (tertiary alicyclic amines) is 1. The average molecular weight is 277 g/mol. The summed E-state index contributed by atoms with van der Waals surface area (Å²) in [6, 6.07) is 5.34. The van der Waals surface area contributed by atoms with Crippen LogP contribution in [0.4, 0.5) is 0 Å². The van der Waals surface area contributed by atoms with Crippen LogP contribution in [-0.2, 0) is 0 Å². The quantitative estimate of drug-likeness (QED) is 0.852. The first-order chi connectivity index (χ1) is 9.74. The molecule has 1 amide bonds. The Hall–Kier alpha value is -1.71. The molecule has 4 heteroatoms. The van der Waals surface area contributed by atoms with E-state index in [4.69, 9.17) is 9.47 Å². The second-order valence-electron chi connectivity index (χ2n) is 5.16. The number of carbonyl (C=O) groups excluding carboxylic acids is 1. The maximum Gasteiger partial charge on any atom is 0.254 e. The van der Waals surface area contributed by atoms with Crippen LogP contribution in [0.1, 0.15) is 42.5 Å². The van der Waals surface area contributed by atoms with Gasteiger partial charge in [-0.3, -0.25) is 4.79 Å². The van der Waals surface area contributed by atoms with Gasteiger partial charge in [-0.2, -0.15) is 0 Å². The molecule has 1 aromatic carbocycles. The lowest BCUT2D eigenvalue weighted by Gasteiger charge is -2.25. The molecule has 0 atom stereocenters. The zero-order valence-electron chi connectivity index (χ0n) is 12.4. The van der Waals surface area contributed by atoms with Gasteiger partial charge in [0, 0.05) is 24.7 Å². The molecule has 1 aromatic rings. The number of rotatable bonds is 3. The molecule has 2 rings (SSSR count). The fourth-order valence-corrected chi connectivity index (χ4v) is 2.56. The lowest BCUT2D eigenvalue weighted by molar-refractivity contribution is 0.0741. The SMILES string of the molecule is COc1cc(OC)cc(C(=O)N2CCCCCCC2)c1. The molecule has 1 fully saturated rings. The molecule has 0 aliphatic carbocycles. The number of hydrogen-bond donors (Lipinski definition) is 0. The van der Waals surface area contributed by atoms with Gasteiger partial charge in [0.1, 0.15) is 11.5 Å². The second-order valence-corrected chi connectivity index (χ2v) is 5.16. The first-order valence-corrected chi connectivity index (χ1v) is 7.27.